The fourth-order valence-corrected chi connectivity index (χ4v) is 3.27. The molecule has 1 aliphatic rings. The van der Waals surface area contributed by atoms with Gasteiger partial charge in [0.1, 0.15) is 5.66 Å². The van der Waals surface area contributed by atoms with Crippen LogP contribution in [0.3, 0.4) is 0 Å². The zero-order valence-electron chi connectivity index (χ0n) is 13.7. The maximum atomic E-state index is 5.61. The smallest absolute Gasteiger partial charge is 0.190 e. The highest BCUT2D eigenvalue weighted by Crippen LogP contribution is 2.31. The number of hydrogen-bond acceptors (Lipinski definition) is 2. The predicted octanol–water partition coefficient (Wildman–Crippen LogP) is 4.24. The Hall–Kier alpha value is -1.91. The molecular formula is C19H23N3S. The topological polar surface area (TPSA) is 27.3 Å². The summed E-state index contributed by atoms with van der Waals surface area (Å²) >= 11 is 5.61. The molecule has 0 bridgehead atoms. The first kappa shape index (κ1) is 16.0. The fraction of sp³-hybridized carbons (Fsp3) is 0.316. The highest BCUT2D eigenvalue weighted by molar-refractivity contribution is 7.80. The minimum Gasteiger partial charge on any atom is -0.338 e. The lowest BCUT2D eigenvalue weighted by Gasteiger charge is -2.30. The number of nitrogens with one attached hydrogen (secondary N) is 2. The zero-order valence-corrected chi connectivity index (χ0v) is 14.5. The Balaban J connectivity index is 1.93. The van der Waals surface area contributed by atoms with Crippen LogP contribution in [0.5, 0.6) is 0 Å². The van der Waals surface area contributed by atoms with Gasteiger partial charge in [-0.25, -0.2) is 5.01 Å². The Morgan fingerprint density at radius 1 is 1.04 bits per heavy atom. The first-order valence-corrected chi connectivity index (χ1v) is 8.58. The van der Waals surface area contributed by atoms with Crippen molar-refractivity contribution in [3.63, 3.8) is 0 Å². The van der Waals surface area contributed by atoms with Crippen LogP contribution in [0, 0.1) is 6.92 Å². The van der Waals surface area contributed by atoms with Crippen molar-refractivity contribution >= 4 is 23.0 Å². The standard InChI is InChI=1S/C19H23N3S/c1-3-4-14-19(16-8-6-5-7-9-16)20-18(23)22(21-19)17-12-10-15(2)11-13-17/h5-13,21H,3-4,14H2,1-2H3,(H,20,23). The van der Waals surface area contributed by atoms with Gasteiger partial charge < -0.3 is 5.32 Å². The molecule has 1 fully saturated rings. The third kappa shape index (κ3) is 3.23. The van der Waals surface area contributed by atoms with Crippen molar-refractivity contribution in [2.45, 2.75) is 38.8 Å². The van der Waals surface area contributed by atoms with Crippen molar-refractivity contribution in [2.75, 3.05) is 5.01 Å². The molecule has 0 saturated carbocycles. The quantitative estimate of drug-likeness (QED) is 0.804. The van der Waals surface area contributed by atoms with E-state index in [1.54, 1.807) is 0 Å². The van der Waals surface area contributed by atoms with Crippen LogP contribution in [0.25, 0.3) is 0 Å². The molecule has 0 amide bonds. The molecule has 1 saturated heterocycles. The molecule has 1 unspecified atom stereocenters. The van der Waals surface area contributed by atoms with Crippen LogP contribution in [0.15, 0.2) is 54.6 Å². The number of rotatable bonds is 5. The first-order valence-electron chi connectivity index (χ1n) is 8.17. The number of hydrazine groups is 1. The lowest BCUT2D eigenvalue weighted by atomic mass is 9.94. The number of thiocarbonyl (C=S) groups is 1. The minimum atomic E-state index is -0.334. The summed E-state index contributed by atoms with van der Waals surface area (Å²) in [6.45, 7) is 4.30. The Kier molecular flexibility index (Phi) is 4.64. The summed E-state index contributed by atoms with van der Waals surface area (Å²) in [5, 5.41) is 6.23. The van der Waals surface area contributed by atoms with Gasteiger partial charge in [0.15, 0.2) is 5.11 Å². The van der Waals surface area contributed by atoms with Crippen LogP contribution in [0.2, 0.25) is 0 Å². The van der Waals surface area contributed by atoms with Gasteiger partial charge in [-0.3, -0.25) is 0 Å². The molecule has 23 heavy (non-hydrogen) atoms. The third-order valence-corrected chi connectivity index (χ3v) is 4.57. The van der Waals surface area contributed by atoms with Gasteiger partial charge in [0, 0.05) is 0 Å². The number of anilines is 1. The fourth-order valence-electron chi connectivity index (χ4n) is 2.95. The van der Waals surface area contributed by atoms with Crippen LogP contribution in [-0.4, -0.2) is 5.11 Å². The summed E-state index contributed by atoms with van der Waals surface area (Å²) < 4.78 is 0. The van der Waals surface area contributed by atoms with Gasteiger partial charge in [0.25, 0.3) is 0 Å². The number of hydrogen-bond donors (Lipinski definition) is 2. The van der Waals surface area contributed by atoms with Crippen molar-refractivity contribution in [2.24, 2.45) is 0 Å². The average Bonchev–Trinajstić information content (AvgIpc) is 2.92. The van der Waals surface area contributed by atoms with Crippen molar-refractivity contribution in [1.82, 2.24) is 10.7 Å². The van der Waals surface area contributed by atoms with Gasteiger partial charge >= 0.3 is 0 Å². The number of nitrogens with zero attached hydrogens (tertiary/aromatic N) is 1. The molecule has 3 nitrogen and oxygen atoms in total. The molecule has 1 atom stereocenters. The highest BCUT2D eigenvalue weighted by Gasteiger charge is 2.41. The molecule has 0 aliphatic carbocycles. The molecule has 0 radical (unpaired) electrons. The van der Waals surface area contributed by atoms with E-state index in [-0.39, 0.29) is 5.66 Å². The van der Waals surface area contributed by atoms with Crippen LogP contribution in [-0.2, 0) is 5.66 Å². The van der Waals surface area contributed by atoms with Gasteiger partial charge in [0.05, 0.1) is 5.69 Å². The third-order valence-electron chi connectivity index (χ3n) is 4.29. The zero-order chi connectivity index (χ0) is 16.3. The van der Waals surface area contributed by atoms with E-state index < -0.39 is 0 Å². The largest absolute Gasteiger partial charge is 0.338 e. The van der Waals surface area contributed by atoms with Gasteiger partial charge in [-0.2, -0.15) is 5.43 Å². The molecule has 0 spiro atoms. The lowest BCUT2D eigenvalue weighted by molar-refractivity contribution is 0.313. The molecule has 120 valence electrons. The van der Waals surface area contributed by atoms with Gasteiger partial charge in [-0.05, 0) is 49.7 Å². The monoisotopic (exact) mass is 325 g/mol. The molecule has 2 aromatic carbocycles. The minimum absolute atomic E-state index is 0.334. The predicted molar refractivity (Wildman–Crippen MR) is 100 cm³/mol. The highest BCUT2D eigenvalue weighted by atomic mass is 32.1. The average molecular weight is 325 g/mol. The normalized spacial score (nSPS) is 20.6. The van der Waals surface area contributed by atoms with E-state index in [1.807, 2.05) is 11.1 Å². The summed E-state index contributed by atoms with van der Waals surface area (Å²) in [4.78, 5) is 0. The van der Waals surface area contributed by atoms with E-state index in [2.05, 4.69) is 73.1 Å². The van der Waals surface area contributed by atoms with Crippen molar-refractivity contribution in [3.8, 4) is 0 Å². The van der Waals surface area contributed by atoms with E-state index in [9.17, 15) is 0 Å². The maximum absolute atomic E-state index is 5.61. The van der Waals surface area contributed by atoms with Gasteiger partial charge in [-0.1, -0.05) is 61.4 Å². The Bertz CT molecular complexity index is 669. The number of aryl methyl sites for hydroxylation is 1. The molecule has 2 N–H and O–H groups in total. The van der Waals surface area contributed by atoms with Crippen LogP contribution in [0.4, 0.5) is 5.69 Å². The van der Waals surface area contributed by atoms with Crippen LogP contribution < -0.4 is 15.8 Å². The van der Waals surface area contributed by atoms with Crippen LogP contribution in [0.1, 0.15) is 37.3 Å². The Morgan fingerprint density at radius 3 is 2.39 bits per heavy atom. The Labute approximate surface area is 143 Å². The van der Waals surface area contributed by atoms with E-state index in [0.717, 1.165) is 24.9 Å². The van der Waals surface area contributed by atoms with Gasteiger partial charge in [0.2, 0.25) is 0 Å². The molecule has 2 aromatic rings. The second-order valence-corrected chi connectivity index (χ2v) is 6.47. The van der Waals surface area contributed by atoms with Crippen molar-refractivity contribution in [1.29, 1.82) is 0 Å². The van der Waals surface area contributed by atoms with E-state index in [0.29, 0.717) is 5.11 Å². The number of benzene rings is 2. The summed E-state index contributed by atoms with van der Waals surface area (Å²) in [5.74, 6) is 0. The maximum Gasteiger partial charge on any atom is 0.190 e. The van der Waals surface area contributed by atoms with Crippen molar-refractivity contribution in [3.05, 3.63) is 65.7 Å². The summed E-state index contributed by atoms with van der Waals surface area (Å²) in [7, 11) is 0. The van der Waals surface area contributed by atoms with Gasteiger partial charge in [-0.15, -0.1) is 0 Å². The van der Waals surface area contributed by atoms with Crippen LogP contribution >= 0.6 is 12.2 Å². The van der Waals surface area contributed by atoms with Crippen molar-refractivity contribution < 1.29 is 0 Å². The van der Waals surface area contributed by atoms with E-state index >= 15 is 0 Å². The summed E-state index contributed by atoms with van der Waals surface area (Å²) in [5.41, 5.74) is 6.80. The molecule has 1 aliphatic heterocycles. The Morgan fingerprint density at radius 2 is 1.74 bits per heavy atom. The van der Waals surface area contributed by atoms with E-state index in [1.165, 1.54) is 11.1 Å². The molecule has 1 heterocycles. The molecule has 4 heteroatoms. The summed E-state index contributed by atoms with van der Waals surface area (Å²) in [6.07, 6.45) is 3.25. The molecule has 0 aromatic heterocycles. The lowest BCUT2D eigenvalue weighted by Crippen LogP contribution is -2.48. The molecule has 3 rings (SSSR count). The second-order valence-electron chi connectivity index (χ2n) is 6.09. The van der Waals surface area contributed by atoms with E-state index in [4.69, 9.17) is 12.2 Å². The first-order chi connectivity index (χ1) is 11.1. The molecular weight excluding hydrogens is 302 g/mol. The second kappa shape index (κ2) is 6.69. The summed E-state index contributed by atoms with van der Waals surface area (Å²) in [6, 6.07) is 18.9. The number of unbranched alkanes of at least 4 members (excludes halogenated alkanes) is 1. The SMILES string of the molecule is CCCCC1(c2ccccc2)NC(=S)N(c2ccc(C)cc2)N1.